The maximum absolute atomic E-state index is 12.7. The molecule has 1 aliphatic rings. The van der Waals surface area contributed by atoms with Gasteiger partial charge < -0.3 is 9.90 Å². The van der Waals surface area contributed by atoms with Crippen LogP contribution < -0.4 is 9.59 Å². The summed E-state index contributed by atoms with van der Waals surface area (Å²) in [6.45, 7) is 4.73. The molecule has 1 aromatic heterocycles. The minimum absolute atomic E-state index is 0.0245. The van der Waals surface area contributed by atoms with E-state index in [1.54, 1.807) is 17.1 Å². The molecule has 2 amide bonds. The first-order chi connectivity index (χ1) is 9.29. The summed E-state index contributed by atoms with van der Waals surface area (Å²) in [5.41, 5.74) is 0. The number of aryl methyl sites for hydroxylation is 1. The van der Waals surface area contributed by atoms with Crippen molar-refractivity contribution in [2.75, 3.05) is 20.1 Å². The minimum Gasteiger partial charge on any atom is -0.548 e. The van der Waals surface area contributed by atoms with E-state index < -0.39 is 12.0 Å². The summed E-state index contributed by atoms with van der Waals surface area (Å²) < 4.78 is 1.75. The summed E-state index contributed by atoms with van der Waals surface area (Å²) in [7, 11) is 3.32. The van der Waals surface area contributed by atoms with Crippen molar-refractivity contribution < 1.29 is 14.7 Å². The van der Waals surface area contributed by atoms with E-state index in [1.807, 2.05) is 20.9 Å². The summed E-state index contributed by atoms with van der Waals surface area (Å²) in [4.78, 5) is 29.3. The SMILES string of the molecule is CC(C)C[N+]1(c2cncn2C)C[C@@H](C(=O)[O-])N(C)C1=O. The number of hydrogen-bond donors (Lipinski definition) is 0. The Morgan fingerprint density at radius 3 is 2.60 bits per heavy atom. The van der Waals surface area contributed by atoms with Crippen LogP contribution in [0.3, 0.4) is 0 Å². The molecule has 0 aromatic carbocycles. The molecular weight excluding hydrogens is 260 g/mol. The molecule has 0 radical (unpaired) electrons. The van der Waals surface area contributed by atoms with Gasteiger partial charge in [0.1, 0.15) is 18.8 Å². The number of carboxylic acid groups (broad SMARTS) is 1. The number of nitrogens with zero attached hydrogens (tertiary/aromatic N) is 4. The number of likely N-dealkylation sites (N-methyl/N-ethyl adjacent to an activating group) is 1. The molecule has 1 unspecified atom stereocenters. The molecule has 1 aliphatic heterocycles. The normalized spacial score (nSPS) is 26.6. The monoisotopic (exact) mass is 280 g/mol. The predicted octanol–water partition coefficient (Wildman–Crippen LogP) is -0.433. The van der Waals surface area contributed by atoms with E-state index in [0.29, 0.717) is 12.4 Å². The summed E-state index contributed by atoms with van der Waals surface area (Å²) in [5, 5.41) is 11.2. The average Bonchev–Trinajstić information content (AvgIpc) is 2.87. The fourth-order valence-electron chi connectivity index (χ4n) is 2.99. The Morgan fingerprint density at radius 2 is 2.20 bits per heavy atom. The second-order valence-electron chi connectivity index (χ2n) is 5.82. The van der Waals surface area contributed by atoms with Crippen LogP contribution in [0.5, 0.6) is 0 Å². The number of hydrogen-bond acceptors (Lipinski definition) is 4. The van der Waals surface area contributed by atoms with Gasteiger partial charge in [0.15, 0.2) is 0 Å². The van der Waals surface area contributed by atoms with Crippen molar-refractivity contribution in [1.29, 1.82) is 0 Å². The summed E-state index contributed by atoms with van der Waals surface area (Å²) in [6, 6.07) is -1.13. The van der Waals surface area contributed by atoms with E-state index in [1.165, 1.54) is 11.9 Å². The van der Waals surface area contributed by atoms with Crippen LogP contribution in [-0.2, 0) is 11.8 Å². The fourth-order valence-corrected chi connectivity index (χ4v) is 2.99. The van der Waals surface area contributed by atoms with Crippen molar-refractivity contribution >= 4 is 17.8 Å². The average molecular weight is 280 g/mol. The zero-order valence-corrected chi connectivity index (χ0v) is 12.2. The van der Waals surface area contributed by atoms with Crippen LogP contribution in [0.2, 0.25) is 0 Å². The van der Waals surface area contributed by atoms with Crippen molar-refractivity contribution in [2.24, 2.45) is 13.0 Å². The molecule has 20 heavy (non-hydrogen) atoms. The first-order valence-corrected chi connectivity index (χ1v) is 6.62. The summed E-state index contributed by atoms with van der Waals surface area (Å²) >= 11 is 0. The van der Waals surface area contributed by atoms with Crippen LogP contribution in [0, 0.1) is 5.92 Å². The van der Waals surface area contributed by atoms with Crippen LogP contribution >= 0.6 is 0 Å². The van der Waals surface area contributed by atoms with E-state index in [0.717, 1.165) is 0 Å². The highest BCUT2D eigenvalue weighted by atomic mass is 16.4. The Balaban J connectivity index is 2.52. The standard InChI is InChI=1S/C13H20N4O3/c1-9(2)6-17(11-5-14-8-15(11)3)7-10(12(18)19)16(4)13(17)20/h5,8-10H,6-7H2,1-4H3/t10-,17?/m0/s1. The topological polar surface area (TPSA) is 78.3 Å². The van der Waals surface area contributed by atoms with Crippen molar-refractivity contribution in [3.63, 3.8) is 0 Å². The van der Waals surface area contributed by atoms with Gasteiger partial charge in [0.2, 0.25) is 5.82 Å². The molecule has 7 heteroatoms. The van der Waals surface area contributed by atoms with Gasteiger partial charge >= 0.3 is 6.03 Å². The van der Waals surface area contributed by atoms with Crippen LogP contribution in [-0.4, -0.2) is 52.6 Å². The lowest BCUT2D eigenvalue weighted by Gasteiger charge is -2.31. The van der Waals surface area contributed by atoms with Crippen molar-refractivity contribution in [2.45, 2.75) is 19.9 Å². The van der Waals surface area contributed by atoms with Crippen molar-refractivity contribution in [1.82, 2.24) is 18.9 Å². The van der Waals surface area contributed by atoms with E-state index in [2.05, 4.69) is 4.98 Å². The number of amides is 2. The number of carbonyl (C=O) groups is 2. The molecule has 2 heterocycles. The molecule has 0 bridgehead atoms. The molecule has 1 fully saturated rings. The summed E-state index contributed by atoms with van der Waals surface area (Å²) in [5.74, 6) is -0.270. The number of quaternary nitrogens is 1. The van der Waals surface area contributed by atoms with Gasteiger partial charge in [-0.3, -0.25) is 9.47 Å². The molecule has 7 nitrogen and oxygen atoms in total. The Bertz CT molecular complexity index is 539. The third-order valence-electron chi connectivity index (χ3n) is 3.80. The van der Waals surface area contributed by atoms with Gasteiger partial charge in [-0.1, -0.05) is 13.8 Å². The second-order valence-corrected chi connectivity index (χ2v) is 5.82. The van der Waals surface area contributed by atoms with Gasteiger partial charge in [-0.15, -0.1) is 0 Å². The number of carboxylic acids is 1. The first-order valence-electron chi connectivity index (χ1n) is 6.62. The van der Waals surface area contributed by atoms with Gasteiger partial charge in [0, 0.05) is 20.0 Å². The highest BCUT2D eigenvalue weighted by Crippen LogP contribution is 2.32. The summed E-state index contributed by atoms with van der Waals surface area (Å²) in [6.07, 6.45) is 3.25. The Morgan fingerprint density at radius 1 is 1.55 bits per heavy atom. The lowest BCUT2D eigenvalue weighted by Crippen LogP contribution is -2.55. The number of aromatic nitrogens is 2. The Hall–Kier alpha value is -1.89. The first kappa shape index (κ1) is 14.5. The van der Waals surface area contributed by atoms with Gasteiger partial charge in [-0.25, -0.2) is 9.78 Å². The molecule has 2 atom stereocenters. The zero-order chi connectivity index (χ0) is 15.1. The number of aliphatic carboxylic acids is 1. The third-order valence-corrected chi connectivity index (χ3v) is 3.80. The molecule has 2 rings (SSSR count). The van der Waals surface area contributed by atoms with Gasteiger partial charge in [0.25, 0.3) is 0 Å². The molecular formula is C13H20N4O3. The number of imidazole rings is 1. The number of carbonyl (C=O) groups excluding carboxylic acids is 2. The number of rotatable bonds is 4. The lowest BCUT2D eigenvalue weighted by molar-refractivity contribution is -0.309. The minimum atomic E-state index is -1.22. The van der Waals surface area contributed by atoms with E-state index >= 15 is 0 Å². The molecule has 110 valence electrons. The van der Waals surface area contributed by atoms with Gasteiger partial charge in [-0.2, -0.15) is 4.48 Å². The number of urea groups is 1. The van der Waals surface area contributed by atoms with Gasteiger partial charge in [-0.05, 0) is 0 Å². The lowest BCUT2D eigenvalue weighted by atomic mass is 10.1. The largest absolute Gasteiger partial charge is 0.548 e. The van der Waals surface area contributed by atoms with Gasteiger partial charge in [0.05, 0.1) is 18.8 Å². The maximum atomic E-state index is 12.7. The van der Waals surface area contributed by atoms with Crippen molar-refractivity contribution in [3.05, 3.63) is 12.5 Å². The Kier molecular flexibility index (Phi) is 3.56. The van der Waals surface area contributed by atoms with E-state index in [4.69, 9.17) is 0 Å². The van der Waals surface area contributed by atoms with Crippen molar-refractivity contribution in [3.8, 4) is 0 Å². The fraction of sp³-hybridized carbons (Fsp3) is 0.615. The zero-order valence-electron chi connectivity index (χ0n) is 12.2. The molecule has 1 aromatic rings. The van der Waals surface area contributed by atoms with Crippen LogP contribution in [0.1, 0.15) is 13.8 Å². The van der Waals surface area contributed by atoms with Crippen LogP contribution in [0.15, 0.2) is 12.5 Å². The van der Waals surface area contributed by atoms with E-state index in [-0.39, 0.29) is 23.0 Å². The highest BCUT2D eigenvalue weighted by Gasteiger charge is 2.54. The third kappa shape index (κ3) is 2.07. The highest BCUT2D eigenvalue weighted by molar-refractivity contribution is 5.93. The second kappa shape index (κ2) is 4.90. The molecule has 0 N–H and O–H groups in total. The van der Waals surface area contributed by atoms with E-state index in [9.17, 15) is 14.7 Å². The molecule has 1 saturated heterocycles. The smallest absolute Gasteiger partial charge is 0.426 e. The molecule has 0 spiro atoms. The van der Waals surface area contributed by atoms with Crippen LogP contribution in [0.25, 0.3) is 0 Å². The Labute approximate surface area is 118 Å². The maximum Gasteiger partial charge on any atom is 0.426 e. The molecule has 0 saturated carbocycles. The molecule has 0 aliphatic carbocycles. The predicted molar refractivity (Wildman–Crippen MR) is 71.5 cm³/mol. The van der Waals surface area contributed by atoms with Crippen LogP contribution in [0.4, 0.5) is 10.6 Å². The quantitative estimate of drug-likeness (QED) is 0.701.